The van der Waals surface area contributed by atoms with E-state index < -0.39 is 42.2 Å². The maximum atomic E-state index is 12.8. The average molecular weight is 578 g/mol. The number of aldehydes is 1. The number of hydrogen-bond acceptors (Lipinski definition) is 9. The van der Waals surface area contributed by atoms with Gasteiger partial charge in [0.2, 0.25) is 5.78 Å². The third-order valence-corrected chi connectivity index (χ3v) is 6.43. The maximum absolute atomic E-state index is 12.8. The number of methoxy groups -OCH3 is 2. The highest BCUT2D eigenvalue weighted by Crippen LogP contribution is 2.19. The molecular weight excluding hydrogens is 530 g/mol. The number of rotatable bonds is 18. The predicted molar refractivity (Wildman–Crippen MR) is 157 cm³/mol. The summed E-state index contributed by atoms with van der Waals surface area (Å²) in [7, 11) is 4.41. The van der Waals surface area contributed by atoms with Crippen molar-refractivity contribution in [1.29, 1.82) is 0 Å². The Labute approximate surface area is 243 Å². The Morgan fingerprint density at radius 3 is 2.20 bits per heavy atom. The highest BCUT2D eigenvalue weighted by molar-refractivity contribution is 6.08. The standard InChI is InChI=1S/C30H47N3O8/c1-10-18(2)14-20(4)26(32-7)24(35)16-23(17-34)33-28(36)19(3)12-11-13-25(39-8)27(41-30(31)38)21(5)15-22(6)29(37)40-9/h11-13,15-18,22,25,27,29,32,37H,10,14H2,1-9H3,(H2,31,38)(H,33,36)/b13-11-,19-12+,21-15+,23-16+,26-20-. The minimum atomic E-state index is -1.06. The zero-order valence-corrected chi connectivity index (χ0v) is 25.6. The number of hydrogen-bond donors (Lipinski definition) is 4. The first kappa shape index (κ1) is 37.5. The van der Waals surface area contributed by atoms with E-state index in [0.717, 1.165) is 24.5 Å². The van der Waals surface area contributed by atoms with Crippen molar-refractivity contribution < 1.29 is 38.5 Å². The van der Waals surface area contributed by atoms with Crippen molar-refractivity contribution in [3.63, 3.8) is 0 Å². The highest BCUT2D eigenvalue weighted by Gasteiger charge is 2.25. The molecule has 41 heavy (non-hydrogen) atoms. The Hall–Kier alpha value is -3.54. The van der Waals surface area contributed by atoms with E-state index in [1.165, 1.54) is 33.3 Å². The van der Waals surface area contributed by atoms with Crippen LogP contribution in [-0.4, -0.2) is 68.9 Å². The van der Waals surface area contributed by atoms with Gasteiger partial charge in [-0.15, -0.1) is 0 Å². The number of nitrogens with two attached hydrogens (primary N) is 1. The van der Waals surface area contributed by atoms with Crippen LogP contribution >= 0.6 is 0 Å². The van der Waals surface area contributed by atoms with Crippen LogP contribution < -0.4 is 16.4 Å². The lowest BCUT2D eigenvalue weighted by atomic mass is 9.97. The van der Waals surface area contributed by atoms with Gasteiger partial charge in [-0.3, -0.25) is 14.4 Å². The molecule has 11 heteroatoms. The minimum absolute atomic E-state index is 0.182. The number of likely N-dealkylation sites (N-methyl/N-ethyl adjacent to an activating group) is 1. The molecule has 0 aliphatic rings. The molecule has 0 aromatic rings. The number of ketones is 1. The van der Waals surface area contributed by atoms with Gasteiger partial charge < -0.3 is 35.7 Å². The van der Waals surface area contributed by atoms with Gasteiger partial charge in [0.25, 0.3) is 5.91 Å². The molecule has 0 saturated heterocycles. The summed E-state index contributed by atoms with van der Waals surface area (Å²) in [5.41, 5.74) is 7.09. The fourth-order valence-corrected chi connectivity index (χ4v) is 3.90. The number of ether oxygens (including phenoxy) is 3. The van der Waals surface area contributed by atoms with Crippen LogP contribution in [0.15, 0.2) is 58.5 Å². The SMILES string of the molecule is CCC(C)C/C(C)=C(\NC)C(=O)/C=C(\C=O)NC(=O)/C(C)=C/C=C\C(OC)C(OC(N)=O)/C(C)=C/C(C)C(O)OC. The number of carbonyl (C=O) groups is 4. The van der Waals surface area contributed by atoms with Crippen molar-refractivity contribution in [2.75, 3.05) is 21.3 Å². The topological polar surface area (TPSA) is 166 Å². The molecule has 5 N–H and O–H groups in total. The molecule has 5 unspecified atom stereocenters. The van der Waals surface area contributed by atoms with Gasteiger partial charge in [0.1, 0.15) is 6.10 Å². The van der Waals surface area contributed by atoms with Crippen molar-refractivity contribution in [2.24, 2.45) is 17.6 Å². The van der Waals surface area contributed by atoms with Crippen LogP contribution in [-0.2, 0) is 28.6 Å². The molecule has 0 fully saturated rings. The van der Waals surface area contributed by atoms with Crippen molar-refractivity contribution >= 4 is 24.1 Å². The first-order valence-corrected chi connectivity index (χ1v) is 13.4. The van der Waals surface area contributed by atoms with Crippen LogP contribution in [0.25, 0.3) is 0 Å². The maximum Gasteiger partial charge on any atom is 0.405 e. The largest absolute Gasteiger partial charge is 0.439 e. The molecular formula is C30H47N3O8. The first-order chi connectivity index (χ1) is 19.2. The lowest BCUT2D eigenvalue weighted by Crippen LogP contribution is -2.35. The third kappa shape index (κ3) is 13.6. The fourth-order valence-electron chi connectivity index (χ4n) is 3.90. The summed E-state index contributed by atoms with van der Waals surface area (Å²) in [4.78, 5) is 48.6. The minimum Gasteiger partial charge on any atom is -0.439 e. The molecule has 0 radical (unpaired) electrons. The molecule has 230 valence electrons. The van der Waals surface area contributed by atoms with Crippen LogP contribution in [0, 0.1) is 11.8 Å². The Morgan fingerprint density at radius 2 is 1.71 bits per heavy atom. The summed E-state index contributed by atoms with van der Waals surface area (Å²) < 4.78 is 15.6. The van der Waals surface area contributed by atoms with E-state index >= 15 is 0 Å². The molecule has 0 aromatic heterocycles. The summed E-state index contributed by atoms with van der Waals surface area (Å²) in [5, 5.41) is 15.2. The fraction of sp³-hybridized carbons (Fsp3) is 0.533. The molecule has 0 spiro atoms. The number of allylic oxidation sites excluding steroid dienone is 5. The predicted octanol–water partition coefficient (Wildman–Crippen LogP) is 3.21. The second-order valence-electron chi connectivity index (χ2n) is 9.85. The molecule has 2 amide bonds. The Bertz CT molecular complexity index is 1060. The molecule has 0 aliphatic heterocycles. The van der Waals surface area contributed by atoms with Gasteiger partial charge in [-0.05, 0) is 44.3 Å². The second-order valence-corrected chi connectivity index (χ2v) is 9.85. The van der Waals surface area contributed by atoms with Crippen LogP contribution in [0.2, 0.25) is 0 Å². The summed E-state index contributed by atoms with van der Waals surface area (Å²) in [5.74, 6) is -1.04. The zero-order chi connectivity index (χ0) is 31.7. The van der Waals surface area contributed by atoms with E-state index in [9.17, 15) is 24.3 Å². The van der Waals surface area contributed by atoms with Crippen molar-refractivity contribution in [3.05, 3.63) is 58.5 Å². The Kier molecular flexibility index (Phi) is 17.8. The summed E-state index contributed by atoms with van der Waals surface area (Å²) in [6.45, 7) is 11.0. The molecule has 0 rings (SSSR count). The molecule has 0 aromatic carbocycles. The summed E-state index contributed by atoms with van der Waals surface area (Å²) in [6, 6.07) is 0. The molecule has 11 nitrogen and oxygen atoms in total. The molecule has 0 saturated carbocycles. The van der Waals surface area contributed by atoms with Crippen LogP contribution in [0.5, 0.6) is 0 Å². The van der Waals surface area contributed by atoms with Crippen molar-refractivity contribution in [2.45, 2.75) is 72.9 Å². The van der Waals surface area contributed by atoms with E-state index in [0.29, 0.717) is 23.5 Å². The quantitative estimate of drug-likeness (QED) is 0.0629. The lowest BCUT2D eigenvalue weighted by molar-refractivity contribution is -0.118. The molecule has 0 bridgehead atoms. The second kappa shape index (κ2) is 19.5. The normalized spacial score (nSPS) is 17.2. The van der Waals surface area contributed by atoms with Gasteiger partial charge in [0.15, 0.2) is 18.7 Å². The van der Waals surface area contributed by atoms with E-state index in [-0.39, 0.29) is 11.3 Å². The monoisotopic (exact) mass is 577 g/mol. The van der Waals surface area contributed by atoms with Gasteiger partial charge in [-0.2, -0.15) is 0 Å². The first-order valence-electron chi connectivity index (χ1n) is 13.4. The van der Waals surface area contributed by atoms with Gasteiger partial charge in [-0.1, -0.05) is 51.5 Å². The van der Waals surface area contributed by atoms with E-state index in [4.69, 9.17) is 19.9 Å². The Balaban J connectivity index is 5.81. The molecule has 5 atom stereocenters. The third-order valence-electron chi connectivity index (χ3n) is 6.43. The van der Waals surface area contributed by atoms with Crippen molar-refractivity contribution in [3.8, 4) is 0 Å². The van der Waals surface area contributed by atoms with E-state index in [1.54, 1.807) is 33.0 Å². The number of carbonyl (C=O) groups excluding carboxylic acids is 4. The number of aliphatic hydroxyl groups excluding tert-OH is 1. The van der Waals surface area contributed by atoms with Gasteiger partial charge >= 0.3 is 6.09 Å². The smallest absolute Gasteiger partial charge is 0.405 e. The zero-order valence-electron chi connectivity index (χ0n) is 25.6. The average Bonchev–Trinajstić information content (AvgIpc) is 2.93. The summed E-state index contributed by atoms with van der Waals surface area (Å²) in [6.07, 6.45) is 5.62. The highest BCUT2D eigenvalue weighted by atomic mass is 16.6. The number of amides is 2. The Morgan fingerprint density at radius 1 is 1.07 bits per heavy atom. The number of primary amides is 1. The number of aliphatic hydroxyl groups is 1. The number of nitrogens with one attached hydrogen (secondary N) is 2. The lowest BCUT2D eigenvalue weighted by Gasteiger charge is -2.25. The van der Waals surface area contributed by atoms with Crippen LogP contribution in [0.3, 0.4) is 0 Å². The van der Waals surface area contributed by atoms with Crippen LogP contribution in [0.1, 0.15) is 54.4 Å². The van der Waals surface area contributed by atoms with Gasteiger partial charge in [0, 0.05) is 38.8 Å². The summed E-state index contributed by atoms with van der Waals surface area (Å²) >= 11 is 0. The van der Waals surface area contributed by atoms with E-state index in [1.807, 2.05) is 6.92 Å². The van der Waals surface area contributed by atoms with Crippen LogP contribution in [0.4, 0.5) is 4.79 Å². The van der Waals surface area contributed by atoms with Gasteiger partial charge in [-0.25, -0.2) is 4.79 Å². The molecule has 0 heterocycles. The van der Waals surface area contributed by atoms with E-state index in [2.05, 4.69) is 24.5 Å². The van der Waals surface area contributed by atoms with Crippen molar-refractivity contribution in [1.82, 2.24) is 10.6 Å². The molecule has 0 aliphatic carbocycles. The van der Waals surface area contributed by atoms with Gasteiger partial charge in [0.05, 0.1) is 11.4 Å².